The van der Waals surface area contributed by atoms with Gasteiger partial charge in [-0.25, -0.2) is 0 Å². The van der Waals surface area contributed by atoms with Gasteiger partial charge in [-0.3, -0.25) is 0 Å². The molecule has 0 atom stereocenters. The Morgan fingerprint density at radius 3 is 2.56 bits per heavy atom. The molecule has 98 valence electrons. The number of benzene rings is 1. The topological polar surface area (TPSA) is 38.5 Å². The molecular formula is C14H20N2OS. The number of nitrogens with two attached hydrogens (primary N) is 1. The highest BCUT2D eigenvalue weighted by Gasteiger charge is 2.21. The Morgan fingerprint density at radius 1 is 1.28 bits per heavy atom. The first-order valence-electron chi connectivity index (χ1n) is 6.45. The quantitative estimate of drug-likeness (QED) is 0.829. The van der Waals surface area contributed by atoms with Gasteiger partial charge < -0.3 is 15.4 Å². The number of thiocarbonyl (C=S) groups is 1. The van der Waals surface area contributed by atoms with E-state index in [0.29, 0.717) is 11.0 Å². The second-order valence-corrected chi connectivity index (χ2v) is 5.11. The summed E-state index contributed by atoms with van der Waals surface area (Å²) in [4.78, 5) is 3.00. The van der Waals surface area contributed by atoms with Crippen LogP contribution in [0.2, 0.25) is 0 Å². The number of hydrogen-bond acceptors (Lipinski definition) is 3. The SMILES string of the molecule is NC(=S)CCN(c1ccccc1)C1CCOCC1. The summed E-state index contributed by atoms with van der Waals surface area (Å²) in [7, 11) is 0. The van der Waals surface area contributed by atoms with Crippen LogP contribution < -0.4 is 10.6 Å². The average molecular weight is 264 g/mol. The van der Waals surface area contributed by atoms with Crippen molar-refractivity contribution in [2.24, 2.45) is 5.73 Å². The number of ether oxygens (including phenoxy) is 1. The zero-order valence-corrected chi connectivity index (χ0v) is 11.4. The van der Waals surface area contributed by atoms with Crippen LogP contribution in [0.15, 0.2) is 30.3 Å². The Labute approximate surface area is 114 Å². The molecule has 4 heteroatoms. The molecule has 0 amide bonds. The van der Waals surface area contributed by atoms with Gasteiger partial charge in [0.2, 0.25) is 0 Å². The van der Waals surface area contributed by atoms with E-state index in [0.717, 1.165) is 39.0 Å². The lowest BCUT2D eigenvalue weighted by molar-refractivity contribution is 0.0845. The lowest BCUT2D eigenvalue weighted by atomic mass is 10.1. The molecule has 1 aromatic carbocycles. The monoisotopic (exact) mass is 264 g/mol. The van der Waals surface area contributed by atoms with Gasteiger partial charge >= 0.3 is 0 Å². The number of para-hydroxylation sites is 1. The molecular weight excluding hydrogens is 244 g/mol. The molecule has 2 N–H and O–H groups in total. The molecule has 18 heavy (non-hydrogen) atoms. The van der Waals surface area contributed by atoms with Crippen molar-refractivity contribution in [3.8, 4) is 0 Å². The largest absolute Gasteiger partial charge is 0.393 e. The molecule has 2 rings (SSSR count). The minimum Gasteiger partial charge on any atom is -0.393 e. The van der Waals surface area contributed by atoms with Crippen LogP contribution in [0.3, 0.4) is 0 Å². The lowest BCUT2D eigenvalue weighted by Gasteiger charge is -2.36. The predicted molar refractivity (Wildman–Crippen MR) is 79.0 cm³/mol. The number of hydrogen-bond donors (Lipinski definition) is 1. The Bertz CT molecular complexity index is 377. The van der Waals surface area contributed by atoms with Crippen molar-refractivity contribution in [2.75, 3.05) is 24.7 Å². The minimum absolute atomic E-state index is 0.537. The van der Waals surface area contributed by atoms with Gasteiger partial charge in [-0.15, -0.1) is 0 Å². The third-order valence-corrected chi connectivity index (χ3v) is 3.52. The van der Waals surface area contributed by atoms with Crippen molar-refractivity contribution in [1.82, 2.24) is 0 Å². The van der Waals surface area contributed by atoms with E-state index >= 15 is 0 Å². The summed E-state index contributed by atoms with van der Waals surface area (Å²) >= 11 is 4.99. The molecule has 1 saturated heterocycles. The molecule has 0 radical (unpaired) electrons. The second kappa shape index (κ2) is 6.71. The third-order valence-electron chi connectivity index (χ3n) is 3.32. The summed E-state index contributed by atoms with van der Waals surface area (Å²) in [5.41, 5.74) is 6.88. The summed E-state index contributed by atoms with van der Waals surface area (Å²) in [6.45, 7) is 2.59. The second-order valence-electron chi connectivity index (χ2n) is 4.59. The van der Waals surface area contributed by atoms with Crippen LogP contribution in [-0.4, -0.2) is 30.8 Å². The van der Waals surface area contributed by atoms with Gasteiger partial charge in [0.15, 0.2) is 0 Å². The van der Waals surface area contributed by atoms with Crippen molar-refractivity contribution >= 4 is 22.9 Å². The van der Waals surface area contributed by atoms with Crippen LogP contribution in [0, 0.1) is 0 Å². The van der Waals surface area contributed by atoms with Gasteiger partial charge in [0.1, 0.15) is 0 Å². The van der Waals surface area contributed by atoms with Crippen LogP contribution in [0.4, 0.5) is 5.69 Å². The molecule has 3 nitrogen and oxygen atoms in total. The van der Waals surface area contributed by atoms with Gasteiger partial charge in [-0.1, -0.05) is 30.4 Å². The highest BCUT2D eigenvalue weighted by atomic mass is 32.1. The van der Waals surface area contributed by atoms with E-state index in [4.69, 9.17) is 22.7 Å². The van der Waals surface area contributed by atoms with Crippen LogP contribution in [-0.2, 0) is 4.74 Å². The van der Waals surface area contributed by atoms with E-state index in [1.807, 2.05) is 6.07 Å². The third kappa shape index (κ3) is 3.68. The van der Waals surface area contributed by atoms with E-state index in [-0.39, 0.29) is 0 Å². The van der Waals surface area contributed by atoms with Crippen molar-refractivity contribution in [3.05, 3.63) is 30.3 Å². The molecule has 1 aliphatic heterocycles. The fraction of sp³-hybridized carbons (Fsp3) is 0.500. The van der Waals surface area contributed by atoms with E-state index < -0.39 is 0 Å². The van der Waals surface area contributed by atoms with Crippen LogP contribution >= 0.6 is 12.2 Å². The first kappa shape index (κ1) is 13.3. The molecule has 1 aromatic rings. The molecule has 0 aromatic heterocycles. The van der Waals surface area contributed by atoms with Gasteiger partial charge in [-0.2, -0.15) is 0 Å². The molecule has 0 saturated carbocycles. The van der Waals surface area contributed by atoms with E-state index in [1.165, 1.54) is 5.69 Å². The number of nitrogens with zero attached hydrogens (tertiary/aromatic N) is 1. The highest BCUT2D eigenvalue weighted by Crippen LogP contribution is 2.22. The van der Waals surface area contributed by atoms with Gasteiger partial charge in [0.25, 0.3) is 0 Å². The standard InChI is InChI=1S/C14H20N2OS/c15-14(18)6-9-16(12-4-2-1-3-5-12)13-7-10-17-11-8-13/h1-5,13H,6-11H2,(H2,15,18). The maximum absolute atomic E-state index is 5.63. The smallest absolute Gasteiger partial charge is 0.0745 e. The lowest BCUT2D eigenvalue weighted by Crippen LogP contribution is -2.41. The minimum atomic E-state index is 0.537. The van der Waals surface area contributed by atoms with Crippen molar-refractivity contribution < 1.29 is 4.74 Å². The highest BCUT2D eigenvalue weighted by molar-refractivity contribution is 7.80. The zero-order valence-electron chi connectivity index (χ0n) is 10.5. The number of anilines is 1. The molecule has 0 spiro atoms. The normalized spacial score (nSPS) is 16.4. The van der Waals surface area contributed by atoms with Crippen LogP contribution in [0.1, 0.15) is 19.3 Å². The fourth-order valence-corrected chi connectivity index (χ4v) is 2.46. The Morgan fingerprint density at radius 2 is 1.94 bits per heavy atom. The Kier molecular flexibility index (Phi) is 4.96. The van der Waals surface area contributed by atoms with Gasteiger partial charge in [0.05, 0.1) is 4.99 Å². The maximum atomic E-state index is 5.63. The zero-order chi connectivity index (χ0) is 12.8. The molecule has 1 aliphatic rings. The average Bonchev–Trinajstić information content (AvgIpc) is 2.41. The van der Waals surface area contributed by atoms with Crippen molar-refractivity contribution in [1.29, 1.82) is 0 Å². The maximum Gasteiger partial charge on any atom is 0.0745 e. The summed E-state index contributed by atoms with van der Waals surface area (Å²) < 4.78 is 5.43. The van der Waals surface area contributed by atoms with Gasteiger partial charge in [0, 0.05) is 37.9 Å². The number of rotatable bonds is 5. The molecule has 1 heterocycles. The van der Waals surface area contributed by atoms with Gasteiger partial charge in [-0.05, 0) is 25.0 Å². The van der Waals surface area contributed by atoms with Crippen molar-refractivity contribution in [3.63, 3.8) is 0 Å². The Hall–Kier alpha value is -1.13. The molecule has 1 fully saturated rings. The van der Waals surface area contributed by atoms with Crippen LogP contribution in [0.5, 0.6) is 0 Å². The van der Waals surface area contributed by atoms with E-state index in [9.17, 15) is 0 Å². The fourth-order valence-electron chi connectivity index (χ4n) is 2.37. The van der Waals surface area contributed by atoms with E-state index in [2.05, 4.69) is 29.2 Å². The summed E-state index contributed by atoms with van der Waals surface area (Å²) in [6, 6.07) is 11.0. The first-order chi connectivity index (χ1) is 8.77. The molecule has 0 unspecified atom stereocenters. The first-order valence-corrected chi connectivity index (χ1v) is 6.86. The predicted octanol–water partition coefficient (Wildman–Crippen LogP) is 2.35. The molecule has 0 bridgehead atoms. The van der Waals surface area contributed by atoms with Crippen molar-refractivity contribution in [2.45, 2.75) is 25.3 Å². The van der Waals surface area contributed by atoms with E-state index in [1.54, 1.807) is 0 Å². The summed E-state index contributed by atoms with van der Waals surface area (Å²) in [5, 5.41) is 0. The Balaban J connectivity index is 2.08. The van der Waals surface area contributed by atoms with Crippen LogP contribution in [0.25, 0.3) is 0 Å². The summed E-state index contributed by atoms with van der Waals surface area (Å²) in [5.74, 6) is 0. The summed E-state index contributed by atoms with van der Waals surface area (Å²) in [6.07, 6.45) is 2.92. The molecule has 0 aliphatic carbocycles.